The van der Waals surface area contributed by atoms with Crippen LogP contribution in [-0.2, 0) is 4.79 Å². The second-order valence-electron chi connectivity index (χ2n) is 6.32. The Morgan fingerprint density at radius 3 is 2.08 bits per heavy atom. The maximum absolute atomic E-state index is 13.8. The van der Waals surface area contributed by atoms with Crippen molar-refractivity contribution in [1.82, 2.24) is 10.6 Å². The average molecular weight is 342 g/mol. The molecule has 0 fully saturated rings. The molecule has 0 bridgehead atoms. The Morgan fingerprint density at radius 1 is 0.880 bits per heavy atom. The summed E-state index contributed by atoms with van der Waals surface area (Å²) < 4.78 is 13.8. The Bertz CT molecular complexity index is 731. The first-order valence-electron chi connectivity index (χ1n) is 8.31. The number of nitrogens with one attached hydrogen (secondary N) is 2. The van der Waals surface area contributed by atoms with Gasteiger partial charge in [0.05, 0.1) is 11.6 Å². The molecule has 25 heavy (non-hydrogen) atoms. The molecular weight excluding hydrogens is 319 g/mol. The van der Waals surface area contributed by atoms with Crippen LogP contribution in [0.15, 0.2) is 54.6 Å². The predicted molar refractivity (Wildman–Crippen MR) is 95.5 cm³/mol. The molecule has 132 valence electrons. The summed E-state index contributed by atoms with van der Waals surface area (Å²) >= 11 is 0. The van der Waals surface area contributed by atoms with Gasteiger partial charge in [-0.3, -0.25) is 9.59 Å². The van der Waals surface area contributed by atoms with Crippen LogP contribution in [0.5, 0.6) is 0 Å². The number of rotatable bonds is 6. The number of hydrogen-bond donors (Lipinski definition) is 2. The molecule has 0 spiro atoms. The van der Waals surface area contributed by atoms with E-state index in [0.717, 1.165) is 5.56 Å². The van der Waals surface area contributed by atoms with Crippen LogP contribution in [0.3, 0.4) is 0 Å². The molecule has 0 aliphatic carbocycles. The number of halogens is 1. The molecule has 0 unspecified atom stereocenters. The van der Waals surface area contributed by atoms with Crippen molar-refractivity contribution in [3.05, 3.63) is 71.5 Å². The molecule has 2 N–H and O–H groups in total. The van der Waals surface area contributed by atoms with Crippen LogP contribution >= 0.6 is 0 Å². The van der Waals surface area contributed by atoms with Crippen molar-refractivity contribution in [3.8, 4) is 0 Å². The smallest absolute Gasteiger partial charge is 0.254 e. The van der Waals surface area contributed by atoms with Gasteiger partial charge in [-0.25, -0.2) is 4.39 Å². The zero-order valence-corrected chi connectivity index (χ0v) is 14.6. The first kappa shape index (κ1) is 18.6. The van der Waals surface area contributed by atoms with Crippen LogP contribution in [0, 0.1) is 11.7 Å². The third kappa shape index (κ3) is 4.89. The topological polar surface area (TPSA) is 58.2 Å². The summed E-state index contributed by atoms with van der Waals surface area (Å²) in [6.07, 6.45) is 0. The normalized spacial score (nSPS) is 13.2. The Hall–Kier alpha value is -2.69. The predicted octanol–water partition coefficient (Wildman–Crippen LogP) is 3.46. The van der Waals surface area contributed by atoms with Crippen molar-refractivity contribution in [2.75, 3.05) is 0 Å². The lowest BCUT2D eigenvalue weighted by molar-refractivity contribution is -0.124. The Morgan fingerprint density at radius 2 is 1.48 bits per heavy atom. The second-order valence-corrected chi connectivity index (χ2v) is 6.32. The molecule has 2 aromatic carbocycles. The molecule has 0 aliphatic rings. The van der Waals surface area contributed by atoms with Crippen molar-refractivity contribution < 1.29 is 14.0 Å². The fourth-order valence-corrected chi connectivity index (χ4v) is 2.53. The lowest BCUT2D eigenvalue weighted by atomic mass is 10.0. The minimum Gasteiger partial charge on any atom is -0.348 e. The van der Waals surface area contributed by atoms with E-state index in [-0.39, 0.29) is 23.4 Å². The summed E-state index contributed by atoms with van der Waals surface area (Å²) in [5.74, 6) is -1.64. The molecule has 5 heteroatoms. The maximum atomic E-state index is 13.8. The summed E-state index contributed by atoms with van der Waals surface area (Å²) in [6.45, 7) is 5.54. The van der Waals surface area contributed by atoms with E-state index >= 15 is 0 Å². The Kier molecular flexibility index (Phi) is 6.28. The van der Waals surface area contributed by atoms with Gasteiger partial charge < -0.3 is 10.6 Å². The largest absolute Gasteiger partial charge is 0.348 e. The van der Waals surface area contributed by atoms with E-state index in [0.29, 0.717) is 0 Å². The zero-order valence-electron chi connectivity index (χ0n) is 14.6. The van der Waals surface area contributed by atoms with Crippen LogP contribution in [0.4, 0.5) is 4.39 Å². The van der Waals surface area contributed by atoms with Crippen LogP contribution < -0.4 is 10.6 Å². The van der Waals surface area contributed by atoms with Gasteiger partial charge in [-0.2, -0.15) is 0 Å². The maximum Gasteiger partial charge on any atom is 0.254 e. The lowest BCUT2D eigenvalue weighted by Crippen LogP contribution is -2.50. The molecule has 0 heterocycles. The van der Waals surface area contributed by atoms with E-state index in [2.05, 4.69) is 10.6 Å². The summed E-state index contributed by atoms with van der Waals surface area (Å²) in [7, 11) is 0. The van der Waals surface area contributed by atoms with Crippen molar-refractivity contribution in [2.24, 2.45) is 5.92 Å². The molecule has 2 atom stereocenters. The van der Waals surface area contributed by atoms with E-state index < -0.39 is 17.8 Å². The van der Waals surface area contributed by atoms with Gasteiger partial charge in [-0.15, -0.1) is 0 Å². The monoisotopic (exact) mass is 342 g/mol. The van der Waals surface area contributed by atoms with Crippen LogP contribution in [-0.4, -0.2) is 17.9 Å². The van der Waals surface area contributed by atoms with Gasteiger partial charge in [0.2, 0.25) is 5.91 Å². The van der Waals surface area contributed by atoms with Gasteiger partial charge in [-0.1, -0.05) is 56.3 Å². The highest BCUT2D eigenvalue weighted by atomic mass is 19.1. The first-order valence-corrected chi connectivity index (χ1v) is 8.31. The van der Waals surface area contributed by atoms with Crippen molar-refractivity contribution in [2.45, 2.75) is 32.9 Å². The van der Waals surface area contributed by atoms with E-state index in [1.54, 1.807) is 6.07 Å². The summed E-state index contributed by atoms with van der Waals surface area (Å²) in [4.78, 5) is 24.9. The van der Waals surface area contributed by atoms with Gasteiger partial charge >= 0.3 is 0 Å². The fourth-order valence-electron chi connectivity index (χ4n) is 2.53. The van der Waals surface area contributed by atoms with Gasteiger partial charge in [0.15, 0.2) is 0 Å². The Labute approximate surface area is 147 Å². The fraction of sp³-hybridized carbons (Fsp3) is 0.300. The number of benzene rings is 2. The lowest BCUT2D eigenvalue weighted by Gasteiger charge is -2.24. The molecule has 0 aromatic heterocycles. The number of carbonyl (C=O) groups excluding carboxylic acids is 2. The van der Waals surface area contributed by atoms with E-state index in [1.807, 2.05) is 51.1 Å². The quantitative estimate of drug-likeness (QED) is 0.845. The summed E-state index contributed by atoms with van der Waals surface area (Å²) in [6, 6.07) is 14.3. The highest BCUT2D eigenvalue weighted by Gasteiger charge is 2.26. The number of amides is 2. The van der Waals surface area contributed by atoms with Gasteiger partial charge in [0, 0.05) is 0 Å². The highest BCUT2D eigenvalue weighted by Crippen LogP contribution is 2.13. The molecule has 0 aliphatic heterocycles. The van der Waals surface area contributed by atoms with E-state index in [1.165, 1.54) is 18.2 Å². The molecule has 2 amide bonds. The summed E-state index contributed by atoms with van der Waals surface area (Å²) in [5, 5.41) is 5.54. The van der Waals surface area contributed by atoms with Crippen molar-refractivity contribution in [3.63, 3.8) is 0 Å². The van der Waals surface area contributed by atoms with Gasteiger partial charge in [0.1, 0.15) is 11.9 Å². The standard InChI is InChI=1S/C20H23FN2O2/c1-13(2)18(23-19(24)16-11-7-8-12-17(16)21)20(25)22-14(3)15-9-5-4-6-10-15/h4-14,18H,1-3H3,(H,22,25)(H,23,24)/t14-,18+/m1/s1. The molecule has 0 radical (unpaired) electrons. The van der Waals surface area contributed by atoms with E-state index in [9.17, 15) is 14.0 Å². The molecule has 0 saturated heterocycles. The SMILES string of the molecule is CC(C)[C@H](NC(=O)c1ccccc1F)C(=O)N[C@H](C)c1ccccc1. The molecule has 2 rings (SSSR count). The van der Waals surface area contributed by atoms with Gasteiger partial charge in [-0.05, 0) is 30.5 Å². The van der Waals surface area contributed by atoms with Crippen molar-refractivity contribution in [1.29, 1.82) is 0 Å². The van der Waals surface area contributed by atoms with Crippen LogP contribution in [0.1, 0.15) is 42.7 Å². The third-order valence-corrected chi connectivity index (χ3v) is 4.01. The molecular formula is C20H23FN2O2. The first-order chi connectivity index (χ1) is 11.9. The van der Waals surface area contributed by atoms with Crippen molar-refractivity contribution >= 4 is 11.8 Å². The zero-order chi connectivity index (χ0) is 18.4. The molecule has 2 aromatic rings. The van der Waals surface area contributed by atoms with Crippen LogP contribution in [0.2, 0.25) is 0 Å². The Balaban J connectivity index is 2.08. The minimum atomic E-state index is -0.752. The van der Waals surface area contributed by atoms with Crippen LogP contribution in [0.25, 0.3) is 0 Å². The average Bonchev–Trinajstić information content (AvgIpc) is 2.60. The van der Waals surface area contributed by atoms with E-state index in [4.69, 9.17) is 0 Å². The summed E-state index contributed by atoms with van der Waals surface area (Å²) in [5.41, 5.74) is 0.899. The van der Waals surface area contributed by atoms with Gasteiger partial charge in [0.25, 0.3) is 5.91 Å². The number of carbonyl (C=O) groups is 2. The third-order valence-electron chi connectivity index (χ3n) is 4.01. The second kappa shape index (κ2) is 8.42. The number of hydrogen-bond acceptors (Lipinski definition) is 2. The highest BCUT2D eigenvalue weighted by molar-refractivity contribution is 5.97. The minimum absolute atomic E-state index is 0.0722. The molecule has 4 nitrogen and oxygen atoms in total. The molecule has 0 saturated carbocycles.